The molecule has 4 heteroatoms. The van der Waals surface area contributed by atoms with Crippen LogP contribution < -0.4 is 5.32 Å². The van der Waals surface area contributed by atoms with E-state index in [1.165, 1.54) is 10.4 Å². The number of carbonyl (C=O) groups is 1. The van der Waals surface area contributed by atoms with Crippen molar-refractivity contribution in [3.05, 3.63) is 57.8 Å². The summed E-state index contributed by atoms with van der Waals surface area (Å²) < 4.78 is 0. The third kappa shape index (κ3) is 3.23. The number of benzene rings is 1. The Bertz CT molecular complexity index is 638. The molecule has 3 rings (SSSR count). The Morgan fingerprint density at radius 1 is 1.23 bits per heavy atom. The van der Waals surface area contributed by atoms with Gasteiger partial charge in [0.25, 0.3) is 0 Å². The van der Waals surface area contributed by atoms with Gasteiger partial charge in [0.15, 0.2) is 0 Å². The molecule has 0 spiro atoms. The second-order valence-electron chi connectivity index (χ2n) is 5.91. The van der Waals surface area contributed by atoms with Crippen molar-refractivity contribution in [3.63, 3.8) is 0 Å². The standard InChI is InChI=1S/C18H22N2OS/c1-13(15-6-4-3-5-7-15)19-18(21)14(2)20-10-8-17-16(12-20)9-11-22-17/h3-7,9,11,13-14H,8,10,12H2,1-2H3,(H,19,21)/t13-,14+/m1/s1. The summed E-state index contributed by atoms with van der Waals surface area (Å²) in [6.07, 6.45) is 1.05. The Labute approximate surface area is 136 Å². The van der Waals surface area contributed by atoms with Crippen molar-refractivity contribution in [2.24, 2.45) is 0 Å². The van der Waals surface area contributed by atoms with Crippen LogP contribution >= 0.6 is 11.3 Å². The summed E-state index contributed by atoms with van der Waals surface area (Å²) >= 11 is 1.83. The molecule has 22 heavy (non-hydrogen) atoms. The highest BCUT2D eigenvalue weighted by atomic mass is 32.1. The van der Waals surface area contributed by atoms with Crippen LogP contribution in [0.4, 0.5) is 0 Å². The van der Waals surface area contributed by atoms with Crippen LogP contribution in [-0.4, -0.2) is 23.4 Å². The number of hydrogen-bond acceptors (Lipinski definition) is 3. The second kappa shape index (κ2) is 6.63. The lowest BCUT2D eigenvalue weighted by Gasteiger charge is -2.32. The molecule has 0 aliphatic carbocycles. The zero-order valence-corrected chi connectivity index (χ0v) is 13.9. The predicted molar refractivity (Wildman–Crippen MR) is 90.9 cm³/mol. The first-order valence-electron chi connectivity index (χ1n) is 7.80. The summed E-state index contributed by atoms with van der Waals surface area (Å²) in [7, 11) is 0. The highest BCUT2D eigenvalue weighted by Gasteiger charge is 2.26. The largest absolute Gasteiger partial charge is 0.348 e. The zero-order valence-electron chi connectivity index (χ0n) is 13.1. The lowest BCUT2D eigenvalue weighted by atomic mass is 10.1. The molecule has 0 saturated heterocycles. The van der Waals surface area contributed by atoms with Gasteiger partial charge in [-0.15, -0.1) is 11.3 Å². The van der Waals surface area contributed by atoms with Gasteiger partial charge in [0.2, 0.25) is 5.91 Å². The monoisotopic (exact) mass is 314 g/mol. The third-order valence-electron chi connectivity index (χ3n) is 4.42. The highest BCUT2D eigenvalue weighted by molar-refractivity contribution is 7.10. The van der Waals surface area contributed by atoms with Crippen LogP contribution in [-0.2, 0) is 17.8 Å². The third-order valence-corrected chi connectivity index (χ3v) is 5.45. The van der Waals surface area contributed by atoms with E-state index >= 15 is 0 Å². The first-order valence-corrected chi connectivity index (χ1v) is 8.67. The van der Waals surface area contributed by atoms with Crippen LogP contribution in [0.5, 0.6) is 0 Å². The van der Waals surface area contributed by atoms with E-state index < -0.39 is 0 Å². The van der Waals surface area contributed by atoms with Gasteiger partial charge in [-0.1, -0.05) is 30.3 Å². The van der Waals surface area contributed by atoms with Gasteiger partial charge in [-0.2, -0.15) is 0 Å². The SMILES string of the molecule is C[C@@H](NC(=O)[C@H](C)N1CCc2sccc2C1)c1ccccc1. The number of nitrogens with zero attached hydrogens (tertiary/aromatic N) is 1. The average Bonchev–Trinajstić information content (AvgIpc) is 3.02. The van der Waals surface area contributed by atoms with Gasteiger partial charge in [0, 0.05) is 18.0 Å². The molecule has 2 heterocycles. The van der Waals surface area contributed by atoms with Crippen molar-refractivity contribution in [2.75, 3.05) is 6.54 Å². The van der Waals surface area contributed by atoms with E-state index in [9.17, 15) is 4.79 Å². The van der Waals surface area contributed by atoms with Crippen molar-refractivity contribution >= 4 is 17.2 Å². The molecule has 1 aliphatic rings. The molecule has 3 nitrogen and oxygen atoms in total. The Kier molecular flexibility index (Phi) is 4.60. The Hall–Kier alpha value is -1.65. The quantitative estimate of drug-likeness (QED) is 0.938. The fourth-order valence-corrected chi connectivity index (χ4v) is 3.82. The zero-order chi connectivity index (χ0) is 15.5. The van der Waals surface area contributed by atoms with E-state index in [0.29, 0.717) is 0 Å². The van der Waals surface area contributed by atoms with Crippen molar-refractivity contribution in [1.29, 1.82) is 0 Å². The van der Waals surface area contributed by atoms with Crippen LogP contribution in [0.15, 0.2) is 41.8 Å². The number of carbonyl (C=O) groups excluding carboxylic acids is 1. The first-order chi connectivity index (χ1) is 10.6. The number of nitrogens with one attached hydrogen (secondary N) is 1. The predicted octanol–water partition coefficient (Wildman–Crippen LogP) is 3.37. The van der Waals surface area contributed by atoms with E-state index in [-0.39, 0.29) is 18.0 Å². The van der Waals surface area contributed by atoms with Gasteiger partial charge in [0.05, 0.1) is 12.1 Å². The molecule has 1 aromatic carbocycles. The molecule has 0 bridgehead atoms. The van der Waals surface area contributed by atoms with Gasteiger partial charge < -0.3 is 5.32 Å². The Morgan fingerprint density at radius 3 is 2.77 bits per heavy atom. The van der Waals surface area contributed by atoms with Gasteiger partial charge >= 0.3 is 0 Å². The van der Waals surface area contributed by atoms with Crippen LogP contribution in [0.2, 0.25) is 0 Å². The van der Waals surface area contributed by atoms with Crippen LogP contribution in [0.1, 0.15) is 35.9 Å². The molecule has 0 fully saturated rings. The lowest BCUT2D eigenvalue weighted by molar-refractivity contribution is -0.126. The summed E-state index contributed by atoms with van der Waals surface area (Å²) in [5.41, 5.74) is 2.52. The van der Waals surface area contributed by atoms with Crippen LogP contribution in [0.25, 0.3) is 0 Å². The van der Waals surface area contributed by atoms with Gasteiger partial charge in [-0.25, -0.2) is 0 Å². The fraction of sp³-hybridized carbons (Fsp3) is 0.389. The van der Waals surface area contributed by atoms with Gasteiger partial charge in [-0.3, -0.25) is 9.69 Å². The molecular weight excluding hydrogens is 292 g/mol. The van der Waals surface area contributed by atoms with Gasteiger partial charge in [0.1, 0.15) is 0 Å². The minimum atomic E-state index is -0.0980. The minimum absolute atomic E-state index is 0.0395. The first kappa shape index (κ1) is 15.3. The smallest absolute Gasteiger partial charge is 0.237 e. The number of amides is 1. The van der Waals surface area contributed by atoms with Gasteiger partial charge in [-0.05, 0) is 42.8 Å². The van der Waals surface area contributed by atoms with Crippen molar-refractivity contribution in [2.45, 2.75) is 38.9 Å². The normalized spacial score (nSPS) is 17.5. The molecule has 1 aromatic heterocycles. The van der Waals surface area contributed by atoms with Crippen molar-refractivity contribution in [1.82, 2.24) is 10.2 Å². The molecule has 1 N–H and O–H groups in total. The topological polar surface area (TPSA) is 32.3 Å². The average molecular weight is 314 g/mol. The van der Waals surface area contributed by atoms with E-state index in [0.717, 1.165) is 25.1 Å². The fourth-order valence-electron chi connectivity index (χ4n) is 2.93. The number of thiophene rings is 1. The Balaban J connectivity index is 1.61. The van der Waals surface area contributed by atoms with E-state index in [1.54, 1.807) is 0 Å². The maximum atomic E-state index is 12.5. The maximum absolute atomic E-state index is 12.5. The summed E-state index contributed by atoms with van der Waals surface area (Å²) in [6, 6.07) is 12.2. The van der Waals surface area contributed by atoms with Crippen molar-refractivity contribution < 1.29 is 4.79 Å². The maximum Gasteiger partial charge on any atom is 0.237 e. The number of fused-ring (bicyclic) bond motifs is 1. The van der Waals surface area contributed by atoms with E-state index in [4.69, 9.17) is 0 Å². The molecule has 116 valence electrons. The molecule has 2 atom stereocenters. The Morgan fingerprint density at radius 2 is 2.00 bits per heavy atom. The molecule has 1 aliphatic heterocycles. The number of rotatable bonds is 4. The van der Waals surface area contributed by atoms with Crippen LogP contribution in [0, 0.1) is 0 Å². The van der Waals surface area contributed by atoms with Crippen molar-refractivity contribution in [3.8, 4) is 0 Å². The summed E-state index contributed by atoms with van der Waals surface area (Å²) in [5, 5.41) is 5.28. The minimum Gasteiger partial charge on any atom is -0.348 e. The van der Waals surface area contributed by atoms with E-state index in [2.05, 4.69) is 21.7 Å². The van der Waals surface area contributed by atoms with Crippen LogP contribution in [0.3, 0.4) is 0 Å². The molecule has 0 unspecified atom stereocenters. The van der Waals surface area contributed by atoms with E-state index in [1.807, 2.05) is 55.5 Å². The summed E-state index contributed by atoms with van der Waals surface area (Å²) in [5.74, 6) is 0.107. The summed E-state index contributed by atoms with van der Waals surface area (Å²) in [4.78, 5) is 16.3. The molecule has 0 saturated carbocycles. The molecular formula is C18H22N2OS. The molecule has 1 amide bonds. The second-order valence-corrected chi connectivity index (χ2v) is 6.91. The highest BCUT2D eigenvalue weighted by Crippen LogP contribution is 2.25. The number of hydrogen-bond donors (Lipinski definition) is 1. The molecule has 0 radical (unpaired) electrons. The molecule has 2 aromatic rings. The summed E-state index contributed by atoms with van der Waals surface area (Å²) in [6.45, 7) is 5.88. The lowest BCUT2D eigenvalue weighted by Crippen LogP contribution is -2.47.